The second kappa shape index (κ2) is 8.83. The van der Waals surface area contributed by atoms with Crippen molar-refractivity contribution in [1.29, 1.82) is 0 Å². The summed E-state index contributed by atoms with van der Waals surface area (Å²) in [6.07, 6.45) is 5.30. The third-order valence-electron chi connectivity index (χ3n) is 5.69. The van der Waals surface area contributed by atoms with Gasteiger partial charge in [-0.15, -0.1) is 0 Å². The van der Waals surface area contributed by atoms with Crippen LogP contribution in [0.15, 0.2) is 65.3 Å². The third kappa shape index (κ3) is 4.08. The van der Waals surface area contributed by atoms with Crippen molar-refractivity contribution in [3.63, 3.8) is 0 Å². The maximum absolute atomic E-state index is 12.6. The second-order valence-corrected chi connectivity index (χ2v) is 7.94. The Hall–Kier alpha value is -3.67. The van der Waals surface area contributed by atoms with Crippen molar-refractivity contribution in [3.05, 3.63) is 71.4 Å². The van der Waals surface area contributed by atoms with Gasteiger partial charge in [-0.2, -0.15) is 0 Å². The number of carbonyl (C=O) groups excluding carboxylic acids is 1. The van der Waals surface area contributed by atoms with Crippen molar-refractivity contribution >= 4 is 34.7 Å². The van der Waals surface area contributed by atoms with Crippen molar-refractivity contribution in [2.75, 3.05) is 24.6 Å². The zero-order chi connectivity index (χ0) is 21.9. The number of aromatic nitrogens is 1. The molecular weight excluding hydrogens is 402 g/mol. The standard InChI is InChI=1S/C26H25N3O3/c1-2-31-21-11-12-22-19(16-21)15-20(24(27-22)29-13-7-4-8-14-29)17-23-26(30)32-25(28-23)18-9-5-3-6-10-18/h3,5-6,9-12,15-17H,2,4,7-8,13-14H2,1H3/b23-17-. The van der Waals surface area contributed by atoms with Gasteiger partial charge in [-0.05, 0) is 68.7 Å². The molecule has 32 heavy (non-hydrogen) atoms. The number of rotatable bonds is 5. The van der Waals surface area contributed by atoms with E-state index in [0.717, 1.165) is 59.5 Å². The van der Waals surface area contributed by atoms with E-state index < -0.39 is 5.97 Å². The average Bonchev–Trinajstić information content (AvgIpc) is 3.20. The van der Waals surface area contributed by atoms with Crippen molar-refractivity contribution < 1.29 is 14.3 Å². The number of benzene rings is 2. The van der Waals surface area contributed by atoms with Crippen molar-refractivity contribution in [2.45, 2.75) is 26.2 Å². The molecule has 162 valence electrons. The van der Waals surface area contributed by atoms with Crippen LogP contribution in [0.3, 0.4) is 0 Å². The van der Waals surface area contributed by atoms with E-state index in [1.165, 1.54) is 6.42 Å². The molecular formula is C26H25N3O3. The van der Waals surface area contributed by atoms with E-state index in [4.69, 9.17) is 14.5 Å². The quantitative estimate of drug-likeness (QED) is 0.425. The fourth-order valence-corrected chi connectivity index (χ4v) is 4.14. The summed E-state index contributed by atoms with van der Waals surface area (Å²) in [5.41, 5.74) is 2.82. The van der Waals surface area contributed by atoms with Crippen molar-refractivity contribution in [1.82, 2.24) is 4.98 Å². The number of piperidine rings is 1. The van der Waals surface area contributed by atoms with E-state index in [1.807, 2.05) is 55.5 Å². The first-order chi connectivity index (χ1) is 15.7. The molecule has 2 aliphatic rings. The Labute approximate surface area is 187 Å². The van der Waals surface area contributed by atoms with Crippen LogP contribution in [0.2, 0.25) is 0 Å². The van der Waals surface area contributed by atoms with Crippen LogP contribution in [0.25, 0.3) is 17.0 Å². The molecule has 1 saturated heterocycles. The van der Waals surface area contributed by atoms with Crippen LogP contribution in [-0.2, 0) is 9.53 Å². The number of fused-ring (bicyclic) bond motifs is 1. The Morgan fingerprint density at radius 2 is 1.88 bits per heavy atom. The summed E-state index contributed by atoms with van der Waals surface area (Å²) in [6.45, 7) is 4.47. The molecule has 0 spiro atoms. The fourth-order valence-electron chi connectivity index (χ4n) is 4.14. The molecule has 0 saturated carbocycles. The van der Waals surface area contributed by atoms with Gasteiger partial charge < -0.3 is 14.4 Å². The van der Waals surface area contributed by atoms with E-state index in [1.54, 1.807) is 6.08 Å². The first kappa shape index (κ1) is 20.2. The highest BCUT2D eigenvalue weighted by Gasteiger charge is 2.25. The van der Waals surface area contributed by atoms with E-state index >= 15 is 0 Å². The molecule has 1 aromatic heterocycles. The van der Waals surface area contributed by atoms with Crippen LogP contribution in [0, 0.1) is 0 Å². The molecule has 0 amide bonds. The number of nitrogens with zero attached hydrogens (tertiary/aromatic N) is 3. The maximum atomic E-state index is 12.6. The molecule has 5 rings (SSSR count). The molecule has 3 heterocycles. The lowest BCUT2D eigenvalue weighted by molar-refractivity contribution is -0.129. The summed E-state index contributed by atoms with van der Waals surface area (Å²) in [6, 6.07) is 17.4. The molecule has 6 heteroatoms. The van der Waals surface area contributed by atoms with Gasteiger partial charge in [0.15, 0.2) is 5.70 Å². The van der Waals surface area contributed by atoms with Crippen molar-refractivity contribution in [2.24, 2.45) is 4.99 Å². The first-order valence-electron chi connectivity index (χ1n) is 11.1. The summed E-state index contributed by atoms with van der Waals surface area (Å²) in [7, 11) is 0. The minimum absolute atomic E-state index is 0.282. The monoisotopic (exact) mass is 427 g/mol. The minimum Gasteiger partial charge on any atom is -0.494 e. The van der Waals surface area contributed by atoms with E-state index in [-0.39, 0.29) is 5.70 Å². The Morgan fingerprint density at radius 3 is 2.66 bits per heavy atom. The van der Waals surface area contributed by atoms with Gasteiger partial charge in [0.25, 0.3) is 0 Å². The van der Waals surface area contributed by atoms with Crippen LogP contribution in [0.4, 0.5) is 5.82 Å². The maximum Gasteiger partial charge on any atom is 0.363 e. The third-order valence-corrected chi connectivity index (χ3v) is 5.69. The van der Waals surface area contributed by atoms with Gasteiger partial charge in [-0.1, -0.05) is 18.2 Å². The van der Waals surface area contributed by atoms with Crippen LogP contribution >= 0.6 is 0 Å². The summed E-state index contributed by atoms with van der Waals surface area (Å²) < 4.78 is 11.1. The summed E-state index contributed by atoms with van der Waals surface area (Å²) in [4.78, 5) is 24.3. The summed E-state index contributed by atoms with van der Waals surface area (Å²) >= 11 is 0. The average molecular weight is 428 g/mol. The molecule has 0 bridgehead atoms. The van der Waals surface area contributed by atoms with E-state index in [9.17, 15) is 4.79 Å². The number of aliphatic imine (C=N–C) groups is 1. The fraction of sp³-hybridized carbons (Fsp3) is 0.269. The first-order valence-corrected chi connectivity index (χ1v) is 11.1. The molecule has 0 radical (unpaired) electrons. The predicted octanol–water partition coefficient (Wildman–Crippen LogP) is 4.97. The number of esters is 1. The van der Waals surface area contributed by atoms with E-state index in [2.05, 4.69) is 16.0 Å². The Morgan fingerprint density at radius 1 is 1.06 bits per heavy atom. The van der Waals surface area contributed by atoms with Gasteiger partial charge in [-0.3, -0.25) is 0 Å². The van der Waals surface area contributed by atoms with Gasteiger partial charge in [0, 0.05) is 29.6 Å². The number of ether oxygens (including phenoxy) is 2. The van der Waals surface area contributed by atoms with Crippen LogP contribution in [-0.4, -0.2) is 36.5 Å². The van der Waals surface area contributed by atoms with Gasteiger partial charge in [0.1, 0.15) is 11.6 Å². The molecule has 0 atom stereocenters. The number of pyridine rings is 1. The van der Waals surface area contributed by atoms with Gasteiger partial charge in [0.2, 0.25) is 5.90 Å². The lowest BCUT2D eigenvalue weighted by Crippen LogP contribution is -2.30. The number of carbonyl (C=O) groups is 1. The predicted molar refractivity (Wildman–Crippen MR) is 126 cm³/mol. The molecule has 2 aromatic carbocycles. The summed E-state index contributed by atoms with van der Waals surface area (Å²) in [5.74, 6) is 1.56. The SMILES string of the molecule is CCOc1ccc2nc(N3CCCCC3)c(/C=C3\N=C(c4ccccc4)OC3=O)cc2c1. The second-order valence-electron chi connectivity index (χ2n) is 7.94. The molecule has 0 aliphatic carbocycles. The van der Waals surface area contributed by atoms with Crippen LogP contribution in [0.1, 0.15) is 37.3 Å². The van der Waals surface area contributed by atoms with Crippen LogP contribution < -0.4 is 9.64 Å². The molecule has 3 aromatic rings. The zero-order valence-electron chi connectivity index (χ0n) is 18.1. The Balaban J connectivity index is 1.60. The highest BCUT2D eigenvalue weighted by Crippen LogP contribution is 2.31. The Bertz CT molecular complexity index is 1210. The molecule has 1 fully saturated rings. The topological polar surface area (TPSA) is 64.0 Å². The highest BCUT2D eigenvalue weighted by atomic mass is 16.6. The normalized spacial score (nSPS) is 17.5. The van der Waals surface area contributed by atoms with Crippen molar-refractivity contribution in [3.8, 4) is 5.75 Å². The van der Waals surface area contributed by atoms with Gasteiger partial charge >= 0.3 is 5.97 Å². The minimum atomic E-state index is -0.448. The zero-order valence-corrected chi connectivity index (χ0v) is 18.1. The smallest absolute Gasteiger partial charge is 0.363 e. The van der Waals surface area contributed by atoms with E-state index in [0.29, 0.717) is 12.5 Å². The van der Waals surface area contributed by atoms with Gasteiger partial charge in [0.05, 0.1) is 12.1 Å². The molecule has 0 unspecified atom stereocenters. The highest BCUT2D eigenvalue weighted by molar-refractivity contribution is 6.13. The number of hydrogen-bond acceptors (Lipinski definition) is 6. The van der Waals surface area contributed by atoms with Gasteiger partial charge in [-0.25, -0.2) is 14.8 Å². The van der Waals surface area contributed by atoms with Crippen LogP contribution in [0.5, 0.6) is 5.75 Å². The molecule has 6 nitrogen and oxygen atoms in total. The number of anilines is 1. The lowest BCUT2D eigenvalue weighted by atomic mass is 10.1. The number of hydrogen-bond donors (Lipinski definition) is 0. The number of cyclic esters (lactones) is 1. The summed E-state index contributed by atoms with van der Waals surface area (Å²) in [5, 5.41) is 0.960. The largest absolute Gasteiger partial charge is 0.494 e. The molecule has 0 N–H and O–H groups in total. The molecule has 2 aliphatic heterocycles. The lowest BCUT2D eigenvalue weighted by Gasteiger charge is -2.29. The Kier molecular flexibility index (Phi) is 5.58.